The van der Waals surface area contributed by atoms with Gasteiger partial charge in [0, 0.05) is 0 Å². The van der Waals surface area contributed by atoms with Crippen molar-refractivity contribution in [3.8, 4) is 0 Å². The van der Waals surface area contributed by atoms with Gasteiger partial charge in [0.2, 0.25) is 0 Å². The lowest BCUT2D eigenvalue weighted by Gasteiger charge is -2.01. The van der Waals surface area contributed by atoms with Crippen LogP contribution in [0.2, 0.25) is 0 Å². The Balaban J connectivity index is 3.53. The molecule has 0 fully saturated rings. The second-order valence-electron chi connectivity index (χ2n) is 1.36. The third kappa shape index (κ3) is 7.42. The number of nitrogens with one attached hydrogen (secondary N) is 1. The molecular weight excluding hydrogens is 147 g/mol. The summed E-state index contributed by atoms with van der Waals surface area (Å²) in [5.74, 6) is 0. The zero-order valence-electron chi connectivity index (χ0n) is 4.44. The summed E-state index contributed by atoms with van der Waals surface area (Å²) in [7, 11) is -4.13. The lowest BCUT2D eigenvalue weighted by molar-refractivity contribution is 0.249. The van der Waals surface area contributed by atoms with E-state index < -0.39 is 19.9 Å². The van der Waals surface area contributed by atoms with Crippen LogP contribution in [0.5, 0.6) is 0 Å². The van der Waals surface area contributed by atoms with E-state index >= 15 is 0 Å². The SMILES string of the molecule is NC(=O)NCP(=O)(O)O. The number of carbonyl (C=O) groups excluding carboxylic acids is 1. The molecule has 0 radical (unpaired) electrons. The van der Waals surface area contributed by atoms with E-state index in [4.69, 9.17) is 9.79 Å². The summed E-state index contributed by atoms with van der Waals surface area (Å²) in [6.07, 6.45) is -0.706. The van der Waals surface area contributed by atoms with Gasteiger partial charge >= 0.3 is 13.6 Å². The summed E-state index contributed by atoms with van der Waals surface area (Å²) in [5.41, 5.74) is 4.51. The normalized spacial score (nSPS) is 10.9. The van der Waals surface area contributed by atoms with Crippen molar-refractivity contribution in [3.05, 3.63) is 0 Å². The lowest BCUT2D eigenvalue weighted by atomic mass is 11.0. The van der Waals surface area contributed by atoms with Crippen molar-refractivity contribution in [2.75, 3.05) is 6.29 Å². The molecule has 54 valence electrons. The van der Waals surface area contributed by atoms with E-state index in [2.05, 4.69) is 5.73 Å². The molecule has 0 aliphatic carbocycles. The van der Waals surface area contributed by atoms with Crippen LogP contribution in [0.1, 0.15) is 0 Å². The Morgan fingerprint density at radius 3 is 2.22 bits per heavy atom. The zero-order chi connectivity index (χ0) is 7.49. The molecular formula is C2H7N2O4P. The molecule has 7 heteroatoms. The fraction of sp³-hybridized carbons (Fsp3) is 0.500. The van der Waals surface area contributed by atoms with Gasteiger partial charge in [0.1, 0.15) is 6.29 Å². The van der Waals surface area contributed by atoms with Crippen LogP contribution in [0.4, 0.5) is 4.79 Å². The van der Waals surface area contributed by atoms with Crippen molar-refractivity contribution >= 4 is 13.6 Å². The van der Waals surface area contributed by atoms with Gasteiger partial charge in [-0.15, -0.1) is 0 Å². The molecule has 0 spiro atoms. The number of amides is 2. The van der Waals surface area contributed by atoms with Gasteiger partial charge in [0.25, 0.3) is 0 Å². The van der Waals surface area contributed by atoms with Gasteiger partial charge in [0.05, 0.1) is 0 Å². The van der Waals surface area contributed by atoms with Gasteiger partial charge in [-0.25, -0.2) is 4.79 Å². The lowest BCUT2D eigenvalue weighted by Crippen LogP contribution is -2.29. The minimum Gasteiger partial charge on any atom is -0.352 e. The summed E-state index contributed by atoms with van der Waals surface area (Å²) in [5, 5.41) is 1.76. The van der Waals surface area contributed by atoms with Gasteiger partial charge < -0.3 is 20.8 Å². The molecule has 6 nitrogen and oxygen atoms in total. The number of carbonyl (C=O) groups is 1. The van der Waals surface area contributed by atoms with Gasteiger partial charge in [-0.05, 0) is 0 Å². The van der Waals surface area contributed by atoms with Crippen molar-refractivity contribution in [1.29, 1.82) is 0 Å². The molecule has 0 aliphatic heterocycles. The first kappa shape index (κ1) is 8.42. The highest BCUT2D eigenvalue weighted by molar-refractivity contribution is 7.51. The first-order chi connectivity index (χ1) is 3.92. The average molecular weight is 154 g/mol. The molecule has 0 aliphatic rings. The number of rotatable bonds is 2. The van der Waals surface area contributed by atoms with E-state index in [9.17, 15) is 9.36 Å². The summed E-state index contributed by atoms with van der Waals surface area (Å²) in [6.45, 7) is 0. The number of hydrogen-bond acceptors (Lipinski definition) is 2. The third-order valence-corrected chi connectivity index (χ3v) is 1.03. The molecule has 0 atom stereocenters. The number of nitrogens with two attached hydrogens (primary N) is 1. The van der Waals surface area contributed by atoms with Crippen molar-refractivity contribution in [2.45, 2.75) is 0 Å². The van der Waals surface area contributed by atoms with Crippen LogP contribution < -0.4 is 11.1 Å². The van der Waals surface area contributed by atoms with Crippen LogP contribution in [-0.2, 0) is 4.57 Å². The van der Waals surface area contributed by atoms with E-state index in [1.54, 1.807) is 5.32 Å². The largest absolute Gasteiger partial charge is 0.352 e. The molecule has 0 aromatic carbocycles. The Morgan fingerprint density at radius 2 is 2.11 bits per heavy atom. The Morgan fingerprint density at radius 1 is 1.67 bits per heavy atom. The Labute approximate surface area is 51.2 Å². The predicted octanol–water partition coefficient (Wildman–Crippen LogP) is -1.21. The van der Waals surface area contributed by atoms with Gasteiger partial charge in [-0.2, -0.15) is 0 Å². The topological polar surface area (TPSA) is 113 Å². The molecule has 5 N–H and O–H groups in total. The quantitative estimate of drug-likeness (QED) is 0.373. The summed E-state index contributed by atoms with van der Waals surface area (Å²) >= 11 is 0. The van der Waals surface area contributed by atoms with E-state index in [1.165, 1.54) is 0 Å². The predicted molar refractivity (Wildman–Crippen MR) is 29.6 cm³/mol. The minimum absolute atomic E-state index is 0.706. The molecule has 0 unspecified atom stereocenters. The second-order valence-corrected chi connectivity index (χ2v) is 3.01. The van der Waals surface area contributed by atoms with Gasteiger partial charge in [-0.3, -0.25) is 4.57 Å². The van der Waals surface area contributed by atoms with Crippen molar-refractivity contribution in [1.82, 2.24) is 5.32 Å². The maximum atomic E-state index is 9.96. The number of urea groups is 1. The maximum absolute atomic E-state index is 9.96. The van der Waals surface area contributed by atoms with Gasteiger partial charge in [-0.1, -0.05) is 0 Å². The molecule has 0 aromatic rings. The smallest absolute Gasteiger partial charge is 0.344 e. The Kier molecular flexibility index (Phi) is 2.64. The first-order valence-corrected chi connectivity index (χ1v) is 3.79. The van der Waals surface area contributed by atoms with Crippen LogP contribution in [0, 0.1) is 0 Å². The van der Waals surface area contributed by atoms with Crippen LogP contribution in [0.25, 0.3) is 0 Å². The molecule has 0 bridgehead atoms. The minimum atomic E-state index is -4.13. The summed E-state index contributed by atoms with van der Waals surface area (Å²) in [4.78, 5) is 26.0. The number of primary amides is 1. The fourth-order valence-electron chi connectivity index (χ4n) is 0.181. The van der Waals surface area contributed by atoms with Crippen molar-refractivity contribution < 1.29 is 19.1 Å². The highest BCUT2D eigenvalue weighted by Gasteiger charge is 2.11. The monoisotopic (exact) mass is 154 g/mol. The van der Waals surface area contributed by atoms with Crippen LogP contribution >= 0.6 is 7.60 Å². The van der Waals surface area contributed by atoms with E-state index in [0.717, 1.165) is 0 Å². The van der Waals surface area contributed by atoms with E-state index in [0.29, 0.717) is 0 Å². The highest BCUT2D eigenvalue weighted by atomic mass is 31.2. The molecule has 0 saturated heterocycles. The van der Waals surface area contributed by atoms with Crippen LogP contribution in [-0.4, -0.2) is 22.1 Å². The van der Waals surface area contributed by atoms with Crippen molar-refractivity contribution in [3.63, 3.8) is 0 Å². The highest BCUT2D eigenvalue weighted by Crippen LogP contribution is 2.31. The molecule has 0 rings (SSSR count). The summed E-state index contributed by atoms with van der Waals surface area (Å²) < 4.78 is 9.96. The Hall–Kier alpha value is -0.580. The average Bonchev–Trinajstić information content (AvgIpc) is 1.59. The number of hydrogen-bond donors (Lipinski definition) is 4. The maximum Gasteiger partial charge on any atom is 0.344 e. The summed E-state index contributed by atoms with van der Waals surface area (Å²) in [6, 6.07) is -0.946. The molecule has 9 heavy (non-hydrogen) atoms. The van der Waals surface area contributed by atoms with E-state index in [1.807, 2.05) is 0 Å². The van der Waals surface area contributed by atoms with Crippen LogP contribution in [0.15, 0.2) is 0 Å². The fourth-order valence-corrected chi connectivity index (χ4v) is 0.543. The second kappa shape index (κ2) is 2.82. The standard InChI is InChI=1S/C2H7N2O4P/c3-2(5)4-1-9(6,7)8/h1H2,(H3,3,4,5)(H2,6,7,8). The molecule has 2 amide bonds. The molecule has 0 aromatic heterocycles. The van der Waals surface area contributed by atoms with E-state index in [-0.39, 0.29) is 0 Å². The van der Waals surface area contributed by atoms with Crippen LogP contribution in [0.3, 0.4) is 0 Å². The molecule has 0 heterocycles. The van der Waals surface area contributed by atoms with Gasteiger partial charge in [0.15, 0.2) is 0 Å². The third-order valence-electron chi connectivity index (χ3n) is 0.459. The molecule has 0 saturated carbocycles. The Bertz CT molecular complexity index is 151. The first-order valence-electron chi connectivity index (χ1n) is 2.00. The van der Waals surface area contributed by atoms with Crippen molar-refractivity contribution in [2.24, 2.45) is 5.73 Å². The zero-order valence-corrected chi connectivity index (χ0v) is 5.34.